The molecule has 4 nitrogen and oxygen atoms in total. The number of nitrogens with two attached hydrogens (primary N) is 1. The summed E-state index contributed by atoms with van der Waals surface area (Å²) in [5, 5.41) is 16.6. The van der Waals surface area contributed by atoms with E-state index in [1.165, 1.54) is 18.9 Å². The van der Waals surface area contributed by atoms with Gasteiger partial charge in [-0.15, -0.1) is 11.6 Å². The number of carbonyl (C=O) groups is 1. The third-order valence-electron chi connectivity index (χ3n) is 3.46. The average molecular weight is 283 g/mol. The molecular weight excluding hydrogens is 264 g/mol. The number of carboxylic acid groups (broad SMARTS) is 1. The van der Waals surface area contributed by atoms with E-state index < -0.39 is 5.97 Å². The molecule has 1 aliphatic carbocycles. The first kappa shape index (κ1) is 15.5. The minimum Gasteiger partial charge on any atom is -0.478 e. The van der Waals surface area contributed by atoms with Gasteiger partial charge in [0.15, 0.2) is 0 Å². The average Bonchev–Trinajstić information content (AvgIpc) is 2.28. The first-order valence-electron chi connectivity index (χ1n) is 6.10. The summed E-state index contributed by atoms with van der Waals surface area (Å²) in [6.45, 7) is 1.79. The molecule has 0 amide bonds. The van der Waals surface area contributed by atoms with Crippen molar-refractivity contribution in [1.29, 1.82) is 5.41 Å². The van der Waals surface area contributed by atoms with Crippen LogP contribution in [0.5, 0.6) is 0 Å². The van der Waals surface area contributed by atoms with Gasteiger partial charge in [0.05, 0.1) is 5.56 Å². The number of carboxylic acids is 1. The minimum absolute atomic E-state index is 0.0469. The molecule has 4 N–H and O–H groups in total. The van der Waals surface area contributed by atoms with Crippen molar-refractivity contribution in [2.75, 3.05) is 6.38 Å². The number of nitrogen functional groups attached to an aromatic ring is 1. The predicted octanol–water partition coefficient (Wildman–Crippen LogP) is 3.10. The monoisotopic (exact) mass is 282 g/mol. The third kappa shape index (κ3) is 3.26. The maximum atomic E-state index is 11.0. The molecule has 0 aromatic heterocycles. The van der Waals surface area contributed by atoms with Crippen molar-refractivity contribution in [2.24, 2.45) is 5.73 Å². The van der Waals surface area contributed by atoms with Crippen molar-refractivity contribution < 1.29 is 9.90 Å². The van der Waals surface area contributed by atoms with Gasteiger partial charge in [-0.3, -0.25) is 5.41 Å². The van der Waals surface area contributed by atoms with Crippen LogP contribution in [0.3, 0.4) is 0 Å². The number of aryl methyl sites for hydroxylation is 1. The molecule has 0 bridgehead atoms. The number of amidine groups is 1. The predicted molar refractivity (Wildman–Crippen MR) is 77.5 cm³/mol. The van der Waals surface area contributed by atoms with E-state index in [1.54, 1.807) is 6.92 Å². The van der Waals surface area contributed by atoms with E-state index in [0.29, 0.717) is 11.5 Å². The molecule has 2 rings (SSSR count). The Morgan fingerprint density at radius 3 is 2.32 bits per heavy atom. The first-order chi connectivity index (χ1) is 9.00. The van der Waals surface area contributed by atoms with Crippen LogP contribution in [0, 0.1) is 12.3 Å². The fraction of sp³-hybridized carbons (Fsp3) is 0.429. The lowest BCUT2D eigenvalue weighted by Crippen LogP contribution is -2.20. The number of hydrogen-bond donors (Lipinski definition) is 3. The van der Waals surface area contributed by atoms with Gasteiger partial charge >= 0.3 is 5.97 Å². The van der Waals surface area contributed by atoms with Gasteiger partial charge in [0.25, 0.3) is 0 Å². The number of nitrogens with one attached hydrogen (secondary N) is 1. The van der Waals surface area contributed by atoms with Crippen molar-refractivity contribution >= 4 is 23.4 Å². The Bertz CT molecular complexity index is 496. The van der Waals surface area contributed by atoms with E-state index in [2.05, 4.69) is 11.6 Å². The van der Waals surface area contributed by atoms with E-state index in [9.17, 15) is 4.79 Å². The third-order valence-corrected chi connectivity index (χ3v) is 3.46. The second-order valence-electron chi connectivity index (χ2n) is 4.60. The normalized spacial score (nSPS) is 14.1. The van der Waals surface area contributed by atoms with Crippen LogP contribution in [-0.2, 0) is 0 Å². The summed E-state index contributed by atoms with van der Waals surface area (Å²) >= 11 is 4.64. The molecule has 1 fully saturated rings. The number of alkyl halides is 1. The number of rotatable bonds is 3. The number of benzene rings is 1. The van der Waals surface area contributed by atoms with Crippen molar-refractivity contribution in [1.82, 2.24) is 0 Å². The lowest BCUT2D eigenvalue weighted by molar-refractivity contribution is 0.0696. The Morgan fingerprint density at radius 1 is 1.37 bits per heavy atom. The number of aromatic carboxylic acids is 1. The molecule has 0 spiro atoms. The van der Waals surface area contributed by atoms with Crippen molar-refractivity contribution in [3.8, 4) is 0 Å². The Kier molecular flexibility index (Phi) is 5.36. The quantitative estimate of drug-likeness (QED) is 0.452. The van der Waals surface area contributed by atoms with Crippen LogP contribution in [0.2, 0.25) is 0 Å². The molecule has 5 heteroatoms. The summed E-state index contributed by atoms with van der Waals surface area (Å²) < 4.78 is 0. The zero-order valence-electron chi connectivity index (χ0n) is 11.2. The molecule has 1 aliphatic rings. The lowest BCUT2D eigenvalue weighted by atomic mass is 9.77. The van der Waals surface area contributed by atoms with E-state index >= 15 is 0 Å². The fourth-order valence-corrected chi connectivity index (χ4v) is 2.25. The highest BCUT2D eigenvalue weighted by atomic mass is 35.5. The standard InChI is InChI=1S/C13H16N2O2.CH3Cl/c1-7-5-10(8-3-2-4-8)11(12(14)15)6-9(7)13(16)17;1-2/h5-6,8H,2-4H2,1H3,(H3,14,15)(H,16,17);1H3. The van der Waals surface area contributed by atoms with Crippen molar-refractivity contribution in [2.45, 2.75) is 32.1 Å². The SMILES string of the molecule is CCl.Cc1cc(C2CCC2)c(C(=N)N)cc1C(=O)O. The van der Waals surface area contributed by atoms with Gasteiger partial charge in [-0.05, 0) is 42.9 Å². The number of hydrogen-bond acceptors (Lipinski definition) is 2. The molecule has 104 valence electrons. The van der Waals surface area contributed by atoms with Gasteiger partial charge in [-0.2, -0.15) is 0 Å². The van der Waals surface area contributed by atoms with E-state index in [1.807, 2.05) is 6.07 Å². The van der Waals surface area contributed by atoms with Crippen LogP contribution in [0.1, 0.15) is 52.2 Å². The molecule has 0 aliphatic heterocycles. The smallest absolute Gasteiger partial charge is 0.335 e. The molecule has 0 unspecified atom stereocenters. The van der Waals surface area contributed by atoms with Gasteiger partial charge < -0.3 is 10.8 Å². The zero-order chi connectivity index (χ0) is 14.6. The maximum Gasteiger partial charge on any atom is 0.335 e. The molecule has 1 saturated carbocycles. The summed E-state index contributed by atoms with van der Waals surface area (Å²) in [4.78, 5) is 11.0. The Balaban J connectivity index is 0.000000861. The molecule has 0 heterocycles. The van der Waals surface area contributed by atoms with Gasteiger partial charge in [0, 0.05) is 11.9 Å². The summed E-state index contributed by atoms with van der Waals surface area (Å²) in [5.74, 6) is -0.574. The molecule has 0 atom stereocenters. The van der Waals surface area contributed by atoms with Crippen LogP contribution in [0.15, 0.2) is 12.1 Å². The second kappa shape index (κ2) is 6.57. The van der Waals surface area contributed by atoms with Crippen molar-refractivity contribution in [3.63, 3.8) is 0 Å². The minimum atomic E-state index is -0.967. The Morgan fingerprint density at radius 2 is 1.95 bits per heavy atom. The molecule has 0 saturated heterocycles. The topological polar surface area (TPSA) is 87.2 Å². The molecular formula is C14H19ClN2O2. The van der Waals surface area contributed by atoms with Gasteiger partial charge in [-0.1, -0.05) is 12.5 Å². The number of halogens is 1. The van der Waals surface area contributed by atoms with E-state index in [4.69, 9.17) is 16.2 Å². The molecule has 1 aromatic carbocycles. The summed E-state index contributed by atoms with van der Waals surface area (Å²) in [7, 11) is 0. The van der Waals surface area contributed by atoms with E-state index in [0.717, 1.165) is 24.0 Å². The highest BCUT2D eigenvalue weighted by molar-refractivity contribution is 6.15. The van der Waals surface area contributed by atoms with E-state index in [-0.39, 0.29) is 11.4 Å². The molecule has 1 aromatic rings. The van der Waals surface area contributed by atoms with Crippen LogP contribution in [0.4, 0.5) is 0 Å². The van der Waals surface area contributed by atoms with Gasteiger partial charge in [0.2, 0.25) is 0 Å². The summed E-state index contributed by atoms with van der Waals surface area (Å²) in [6.07, 6.45) is 4.88. The van der Waals surface area contributed by atoms with Crippen LogP contribution < -0.4 is 5.73 Å². The summed E-state index contributed by atoms with van der Waals surface area (Å²) in [5.41, 5.74) is 8.13. The Hall–Kier alpha value is -1.55. The second-order valence-corrected chi connectivity index (χ2v) is 4.60. The van der Waals surface area contributed by atoms with Crippen LogP contribution in [0.25, 0.3) is 0 Å². The molecule has 0 radical (unpaired) electrons. The largest absolute Gasteiger partial charge is 0.478 e. The highest BCUT2D eigenvalue weighted by Gasteiger charge is 2.24. The van der Waals surface area contributed by atoms with Gasteiger partial charge in [0.1, 0.15) is 5.84 Å². The fourth-order valence-electron chi connectivity index (χ4n) is 2.25. The Labute approximate surface area is 118 Å². The summed E-state index contributed by atoms with van der Waals surface area (Å²) in [6, 6.07) is 3.41. The van der Waals surface area contributed by atoms with Gasteiger partial charge in [-0.25, -0.2) is 4.79 Å². The zero-order valence-corrected chi connectivity index (χ0v) is 11.9. The first-order valence-corrected chi connectivity index (χ1v) is 6.86. The maximum absolute atomic E-state index is 11.0. The lowest BCUT2D eigenvalue weighted by Gasteiger charge is -2.28. The van der Waals surface area contributed by atoms with Crippen molar-refractivity contribution in [3.05, 3.63) is 34.4 Å². The van der Waals surface area contributed by atoms with Crippen LogP contribution in [-0.4, -0.2) is 23.3 Å². The molecule has 19 heavy (non-hydrogen) atoms. The highest BCUT2D eigenvalue weighted by Crippen LogP contribution is 2.38. The van der Waals surface area contributed by atoms with Crippen LogP contribution >= 0.6 is 11.6 Å².